The molecule has 0 saturated heterocycles. The van der Waals surface area contributed by atoms with E-state index in [2.05, 4.69) is 5.43 Å². The molecule has 0 aliphatic heterocycles. The van der Waals surface area contributed by atoms with Crippen molar-refractivity contribution in [3.8, 4) is 17.6 Å². The molecular formula is C18H18ClN3O3. The van der Waals surface area contributed by atoms with E-state index in [0.29, 0.717) is 22.1 Å². The number of carbonyl (C=O) groups excluding carboxylic acids is 1. The van der Waals surface area contributed by atoms with Gasteiger partial charge in [-0.1, -0.05) is 11.6 Å². The third kappa shape index (κ3) is 3.95. The Hall–Kier alpha value is -2.91. The maximum Gasteiger partial charge on any atom is 0.280 e. The van der Waals surface area contributed by atoms with Gasteiger partial charge in [-0.25, -0.2) is 0 Å². The number of rotatable bonds is 5. The average Bonchev–Trinajstić information content (AvgIpc) is 2.91. The van der Waals surface area contributed by atoms with Gasteiger partial charge in [0.25, 0.3) is 5.91 Å². The summed E-state index contributed by atoms with van der Waals surface area (Å²) in [4.78, 5) is 12.4. The molecule has 6 nitrogen and oxygen atoms in total. The fourth-order valence-corrected chi connectivity index (χ4v) is 2.56. The second kappa shape index (κ2) is 7.77. The fraction of sp³-hybridized carbons (Fsp3) is 0.222. The average molecular weight is 360 g/mol. The van der Waals surface area contributed by atoms with Crippen molar-refractivity contribution in [3.05, 3.63) is 51.8 Å². The molecule has 1 aromatic carbocycles. The minimum absolute atomic E-state index is 0.0768. The first kappa shape index (κ1) is 18.4. The second-order valence-corrected chi connectivity index (χ2v) is 5.70. The highest BCUT2D eigenvalue weighted by atomic mass is 35.5. The van der Waals surface area contributed by atoms with E-state index in [9.17, 15) is 10.1 Å². The number of hydrogen-bond acceptors (Lipinski definition) is 4. The summed E-state index contributed by atoms with van der Waals surface area (Å²) in [5, 5.41) is 9.72. The van der Waals surface area contributed by atoms with Crippen molar-refractivity contribution >= 4 is 23.6 Å². The number of hydrogen-bond donors (Lipinski definition) is 1. The van der Waals surface area contributed by atoms with Crippen LogP contribution in [-0.2, 0) is 4.79 Å². The number of aryl methyl sites for hydroxylation is 2. The Balaban J connectivity index is 2.39. The predicted octanol–water partition coefficient (Wildman–Crippen LogP) is 3.45. The molecule has 0 aliphatic rings. The van der Waals surface area contributed by atoms with Gasteiger partial charge in [0.15, 0.2) is 0 Å². The molecule has 0 saturated carbocycles. The molecule has 0 atom stereocenters. The van der Waals surface area contributed by atoms with Crippen LogP contribution in [0.15, 0.2) is 29.8 Å². The molecule has 1 amide bonds. The van der Waals surface area contributed by atoms with E-state index in [-0.39, 0.29) is 5.57 Å². The number of aromatic nitrogens is 1. The standard InChI is InChI=1S/C18H18ClN3O3/c1-11-5-6-12(2)22(11)21-18(23)14(10-20)7-13-8-15(19)17(25-4)9-16(13)24-3/h5-9H,1-4H3,(H,21,23)/b14-7-. The second-order valence-electron chi connectivity index (χ2n) is 5.29. The normalized spacial score (nSPS) is 11.0. The van der Waals surface area contributed by atoms with Gasteiger partial charge >= 0.3 is 0 Å². The molecule has 1 heterocycles. The van der Waals surface area contributed by atoms with Gasteiger partial charge in [-0.3, -0.25) is 14.9 Å². The Bertz CT molecular complexity index is 859. The van der Waals surface area contributed by atoms with E-state index >= 15 is 0 Å². The number of amides is 1. The topological polar surface area (TPSA) is 76.3 Å². The first-order valence-electron chi connectivity index (χ1n) is 7.41. The van der Waals surface area contributed by atoms with Gasteiger partial charge in [0.1, 0.15) is 23.1 Å². The van der Waals surface area contributed by atoms with E-state index in [1.165, 1.54) is 20.3 Å². The van der Waals surface area contributed by atoms with Crippen molar-refractivity contribution in [1.82, 2.24) is 4.68 Å². The van der Waals surface area contributed by atoms with Crippen LogP contribution in [0.1, 0.15) is 17.0 Å². The lowest BCUT2D eigenvalue weighted by molar-refractivity contribution is -0.113. The third-order valence-corrected chi connectivity index (χ3v) is 3.95. The minimum Gasteiger partial charge on any atom is -0.496 e. The Kier molecular flexibility index (Phi) is 5.73. The number of nitrogens with one attached hydrogen (secondary N) is 1. The summed E-state index contributed by atoms with van der Waals surface area (Å²) >= 11 is 6.12. The third-order valence-electron chi connectivity index (χ3n) is 3.65. The number of benzene rings is 1. The largest absolute Gasteiger partial charge is 0.496 e. The van der Waals surface area contributed by atoms with Gasteiger partial charge in [-0.05, 0) is 38.1 Å². The Morgan fingerprint density at radius 3 is 2.32 bits per heavy atom. The monoisotopic (exact) mass is 359 g/mol. The highest BCUT2D eigenvalue weighted by molar-refractivity contribution is 6.32. The van der Waals surface area contributed by atoms with Gasteiger partial charge in [-0.2, -0.15) is 5.26 Å². The molecule has 7 heteroatoms. The number of ether oxygens (including phenoxy) is 2. The van der Waals surface area contributed by atoms with Crippen LogP contribution in [0.25, 0.3) is 6.08 Å². The number of nitriles is 1. The van der Waals surface area contributed by atoms with Crippen LogP contribution in [0, 0.1) is 25.2 Å². The summed E-state index contributed by atoms with van der Waals surface area (Å²) in [5.74, 6) is 0.353. The molecule has 2 rings (SSSR count). The zero-order valence-electron chi connectivity index (χ0n) is 14.4. The Labute approximate surface area is 151 Å². The number of nitrogens with zero attached hydrogens (tertiary/aromatic N) is 2. The van der Waals surface area contributed by atoms with E-state index < -0.39 is 5.91 Å². The minimum atomic E-state index is -0.529. The Morgan fingerprint density at radius 2 is 1.80 bits per heavy atom. The van der Waals surface area contributed by atoms with E-state index in [4.69, 9.17) is 21.1 Å². The summed E-state index contributed by atoms with van der Waals surface area (Å²) in [6, 6.07) is 8.83. The van der Waals surface area contributed by atoms with Crippen molar-refractivity contribution < 1.29 is 14.3 Å². The smallest absolute Gasteiger partial charge is 0.280 e. The lowest BCUT2D eigenvalue weighted by atomic mass is 10.1. The van der Waals surface area contributed by atoms with Gasteiger partial charge < -0.3 is 9.47 Å². The molecule has 130 valence electrons. The van der Waals surface area contributed by atoms with Crippen LogP contribution in [0.3, 0.4) is 0 Å². The lowest BCUT2D eigenvalue weighted by Gasteiger charge is -2.12. The van der Waals surface area contributed by atoms with Crippen LogP contribution in [0.4, 0.5) is 0 Å². The quantitative estimate of drug-likeness (QED) is 0.655. The van der Waals surface area contributed by atoms with Gasteiger partial charge in [0.2, 0.25) is 0 Å². The van der Waals surface area contributed by atoms with Crippen LogP contribution < -0.4 is 14.9 Å². The zero-order valence-corrected chi connectivity index (χ0v) is 15.1. The summed E-state index contributed by atoms with van der Waals surface area (Å²) in [5.41, 5.74) is 4.83. The summed E-state index contributed by atoms with van der Waals surface area (Å²) in [6.45, 7) is 3.71. The van der Waals surface area contributed by atoms with Crippen molar-refractivity contribution in [1.29, 1.82) is 5.26 Å². The SMILES string of the molecule is COc1cc(OC)c(/C=C(/C#N)C(=O)Nn2c(C)ccc2C)cc1Cl. The molecule has 0 fully saturated rings. The van der Waals surface area contributed by atoms with Crippen molar-refractivity contribution in [2.24, 2.45) is 0 Å². The predicted molar refractivity (Wildman–Crippen MR) is 96.4 cm³/mol. The van der Waals surface area contributed by atoms with E-state index in [0.717, 1.165) is 11.4 Å². The number of halogens is 1. The van der Waals surface area contributed by atoms with Crippen molar-refractivity contribution in [2.75, 3.05) is 19.6 Å². The summed E-state index contributed by atoms with van der Waals surface area (Å²) in [6.07, 6.45) is 1.42. The molecule has 25 heavy (non-hydrogen) atoms. The first-order valence-corrected chi connectivity index (χ1v) is 7.78. The van der Waals surface area contributed by atoms with E-state index in [1.807, 2.05) is 32.0 Å². The Morgan fingerprint density at radius 1 is 1.20 bits per heavy atom. The van der Waals surface area contributed by atoms with Crippen LogP contribution in [0.2, 0.25) is 5.02 Å². The summed E-state index contributed by atoms with van der Waals surface area (Å²) < 4.78 is 12.0. The fourth-order valence-electron chi connectivity index (χ4n) is 2.31. The highest BCUT2D eigenvalue weighted by Crippen LogP contribution is 2.33. The molecule has 0 spiro atoms. The molecule has 1 aromatic heterocycles. The first-order chi connectivity index (χ1) is 11.9. The van der Waals surface area contributed by atoms with Gasteiger partial charge in [0, 0.05) is 23.0 Å². The van der Waals surface area contributed by atoms with E-state index in [1.54, 1.807) is 16.8 Å². The lowest BCUT2D eigenvalue weighted by Crippen LogP contribution is -2.25. The van der Waals surface area contributed by atoms with Crippen LogP contribution in [0.5, 0.6) is 11.5 Å². The maximum atomic E-state index is 12.4. The molecule has 0 bridgehead atoms. The van der Waals surface area contributed by atoms with Crippen LogP contribution in [-0.4, -0.2) is 24.8 Å². The molecule has 2 aromatic rings. The molecule has 0 aliphatic carbocycles. The molecular weight excluding hydrogens is 342 g/mol. The van der Waals surface area contributed by atoms with Crippen molar-refractivity contribution in [2.45, 2.75) is 13.8 Å². The zero-order chi connectivity index (χ0) is 18.6. The number of methoxy groups -OCH3 is 2. The molecule has 0 unspecified atom stereocenters. The molecule has 1 N–H and O–H groups in total. The van der Waals surface area contributed by atoms with Crippen LogP contribution >= 0.6 is 11.6 Å². The highest BCUT2D eigenvalue weighted by Gasteiger charge is 2.14. The number of carbonyl (C=O) groups is 1. The van der Waals surface area contributed by atoms with Crippen molar-refractivity contribution in [3.63, 3.8) is 0 Å². The molecule has 0 radical (unpaired) electrons. The maximum absolute atomic E-state index is 12.4. The van der Waals surface area contributed by atoms with Gasteiger partial charge in [-0.15, -0.1) is 0 Å². The summed E-state index contributed by atoms with van der Waals surface area (Å²) in [7, 11) is 2.98. The van der Waals surface area contributed by atoms with Gasteiger partial charge in [0.05, 0.1) is 19.2 Å².